The van der Waals surface area contributed by atoms with Crippen molar-refractivity contribution >= 4 is 11.3 Å². The van der Waals surface area contributed by atoms with Gasteiger partial charge in [-0.15, -0.1) is 11.3 Å². The van der Waals surface area contributed by atoms with Crippen molar-refractivity contribution in [3.63, 3.8) is 0 Å². The first kappa shape index (κ1) is 14.0. The Hall–Kier alpha value is -0.450. The lowest BCUT2D eigenvalue weighted by Gasteiger charge is -2.21. The van der Waals surface area contributed by atoms with Crippen LogP contribution in [0.1, 0.15) is 55.5 Å². The van der Waals surface area contributed by atoms with Gasteiger partial charge in [-0.1, -0.05) is 6.92 Å². The summed E-state index contributed by atoms with van der Waals surface area (Å²) < 4.78 is 5.77. The maximum atomic E-state index is 5.77. The second-order valence-electron chi connectivity index (χ2n) is 5.02. The molecule has 4 heteroatoms. The summed E-state index contributed by atoms with van der Waals surface area (Å²) in [5, 5.41) is 4.73. The average molecular weight is 268 g/mol. The Bertz CT molecular complexity index is 347. The van der Waals surface area contributed by atoms with Gasteiger partial charge in [0.05, 0.1) is 11.1 Å². The number of rotatable bonds is 6. The second-order valence-corrected chi connectivity index (χ2v) is 6.17. The number of thiazole rings is 1. The van der Waals surface area contributed by atoms with Crippen LogP contribution in [0.25, 0.3) is 0 Å². The summed E-state index contributed by atoms with van der Waals surface area (Å²) in [6.45, 7) is 6.40. The first-order valence-electron chi connectivity index (χ1n) is 7.09. The van der Waals surface area contributed by atoms with Crippen molar-refractivity contribution in [1.29, 1.82) is 0 Å². The predicted molar refractivity (Wildman–Crippen MR) is 76.1 cm³/mol. The van der Waals surface area contributed by atoms with Crippen molar-refractivity contribution in [1.82, 2.24) is 10.3 Å². The fraction of sp³-hybridized carbons (Fsp3) is 0.786. The first-order valence-corrected chi connectivity index (χ1v) is 7.91. The third-order valence-corrected chi connectivity index (χ3v) is 4.58. The zero-order valence-corrected chi connectivity index (χ0v) is 12.3. The molecule has 0 radical (unpaired) electrons. The summed E-state index contributed by atoms with van der Waals surface area (Å²) in [6, 6.07) is 0.420. The van der Waals surface area contributed by atoms with Gasteiger partial charge >= 0.3 is 0 Å². The molecule has 2 unspecified atom stereocenters. The van der Waals surface area contributed by atoms with Gasteiger partial charge in [0.25, 0.3) is 0 Å². The highest BCUT2D eigenvalue weighted by atomic mass is 32.1. The van der Waals surface area contributed by atoms with E-state index in [9.17, 15) is 0 Å². The fourth-order valence-corrected chi connectivity index (χ4v) is 3.26. The molecule has 0 saturated carbocycles. The molecule has 3 nitrogen and oxygen atoms in total. The summed E-state index contributed by atoms with van der Waals surface area (Å²) in [4.78, 5) is 5.88. The maximum absolute atomic E-state index is 5.77. The molecule has 1 aromatic heterocycles. The van der Waals surface area contributed by atoms with E-state index in [0.29, 0.717) is 12.1 Å². The monoisotopic (exact) mass is 268 g/mol. The van der Waals surface area contributed by atoms with Crippen molar-refractivity contribution < 1.29 is 4.74 Å². The lowest BCUT2D eigenvalue weighted by atomic mass is 10.1. The van der Waals surface area contributed by atoms with Gasteiger partial charge in [-0.3, -0.25) is 0 Å². The minimum atomic E-state index is 0.400. The molecule has 0 bridgehead atoms. The van der Waals surface area contributed by atoms with Crippen LogP contribution >= 0.6 is 11.3 Å². The normalized spacial score (nSPS) is 22.0. The third-order valence-electron chi connectivity index (χ3n) is 3.38. The number of ether oxygens (including phenoxy) is 1. The molecule has 0 spiro atoms. The van der Waals surface area contributed by atoms with E-state index in [0.717, 1.165) is 19.6 Å². The Morgan fingerprint density at radius 1 is 1.56 bits per heavy atom. The average Bonchev–Trinajstić information content (AvgIpc) is 2.86. The largest absolute Gasteiger partial charge is 0.378 e. The first-order chi connectivity index (χ1) is 8.79. The molecule has 2 atom stereocenters. The van der Waals surface area contributed by atoms with E-state index in [1.165, 1.54) is 35.6 Å². The van der Waals surface area contributed by atoms with Gasteiger partial charge in [0.2, 0.25) is 0 Å². The molecule has 18 heavy (non-hydrogen) atoms. The van der Waals surface area contributed by atoms with Gasteiger partial charge in [0.1, 0.15) is 0 Å². The minimum Gasteiger partial charge on any atom is -0.378 e. The fourth-order valence-electron chi connectivity index (χ4n) is 2.24. The van der Waals surface area contributed by atoms with Gasteiger partial charge < -0.3 is 10.1 Å². The molecule has 2 heterocycles. The number of aromatic nitrogens is 1. The molecular formula is C14H24N2OS. The zero-order chi connectivity index (χ0) is 12.8. The molecule has 2 rings (SSSR count). The lowest BCUT2D eigenvalue weighted by Crippen LogP contribution is -2.21. The molecular weight excluding hydrogens is 244 g/mol. The van der Waals surface area contributed by atoms with Crippen LogP contribution in [0.3, 0.4) is 0 Å². The molecule has 1 N–H and O–H groups in total. The van der Waals surface area contributed by atoms with Crippen molar-refractivity contribution in [2.24, 2.45) is 0 Å². The summed E-state index contributed by atoms with van der Waals surface area (Å²) in [6.07, 6.45) is 8.30. The van der Waals surface area contributed by atoms with Crippen LogP contribution < -0.4 is 5.32 Å². The summed E-state index contributed by atoms with van der Waals surface area (Å²) in [5.41, 5.74) is 0. The molecule has 1 aliphatic heterocycles. The summed E-state index contributed by atoms with van der Waals surface area (Å²) in [7, 11) is 0. The van der Waals surface area contributed by atoms with E-state index in [4.69, 9.17) is 4.74 Å². The molecule has 0 aromatic carbocycles. The topological polar surface area (TPSA) is 34.2 Å². The number of nitrogens with zero attached hydrogens (tertiary/aromatic N) is 1. The number of nitrogens with one attached hydrogen (secondary N) is 1. The van der Waals surface area contributed by atoms with E-state index in [-0.39, 0.29) is 0 Å². The standard InChI is InChI=1S/C14H24N2OS/c1-3-7-15-11(2)13-10-16-14(18-13)9-12-6-4-5-8-17-12/h10-12,15H,3-9H2,1-2H3. The molecule has 1 saturated heterocycles. The predicted octanol–water partition coefficient (Wildman–Crippen LogP) is 3.32. The van der Waals surface area contributed by atoms with Gasteiger partial charge in [0.15, 0.2) is 0 Å². The van der Waals surface area contributed by atoms with Crippen LogP contribution in [-0.4, -0.2) is 24.2 Å². The maximum Gasteiger partial charge on any atom is 0.0954 e. The van der Waals surface area contributed by atoms with Crippen molar-refractivity contribution in [3.05, 3.63) is 16.1 Å². The zero-order valence-electron chi connectivity index (χ0n) is 11.4. The minimum absolute atomic E-state index is 0.400. The van der Waals surface area contributed by atoms with Gasteiger partial charge in [-0.2, -0.15) is 0 Å². The van der Waals surface area contributed by atoms with Gasteiger partial charge in [-0.25, -0.2) is 4.98 Å². The summed E-state index contributed by atoms with van der Waals surface area (Å²) in [5.74, 6) is 0. The SMILES string of the molecule is CCCNC(C)c1cnc(CC2CCCCO2)s1. The molecule has 102 valence electrons. The Morgan fingerprint density at radius 2 is 2.44 bits per heavy atom. The molecule has 0 amide bonds. The molecule has 1 aromatic rings. The summed E-state index contributed by atoms with van der Waals surface area (Å²) >= 11 is 1.83. The van der Waals surface area contributed by atoms with Crippen molar-refractivity contribution in [2.75, 3.05) is 13.2 Å². The van der Waals surface area contributed by atoms with Crippen LogP contribution in [0, 0.1) is 0 Å². The third kappa shape index (κ3) is 4.04. The molecule has 1 aliphatic rings. The van der Waals surface area contributed by atoms with Crippen LogP contribution in [0.5, 0.6) is 0 Å². The number of hydrogen-bond donors (Lipinski definition) is 1. The lowest BCUT2D eigenvalue weighted by molar-refractivity contribution is 0.0168. The Morgan fingerprint density at radius 3 is 3.17 bits per heavy atom. The highest BCUT2D eigenvalue weighted by Gasteiger charge is 2.17. The van der Waals surface area contributed by atoms with Crippen LogP contribution in [0.2, 0.25) is 0 Å². The molecule has 1 fully saturated rings. The van der Waals surface area contributed by atoms with Crippen LogP contribution in [0.15, 0.2) is 6.20 Å². The Balaban J connectivity index is 1.84. The van der Waals surface area contributed by atoms with E-state index >= 15 is 0 Å². The second kappa shape index (κ2) is 7.22. The van der Waals surface area contributed by atoms with Crippen LogP contribution in [0.4, 0.5) is 0 Å². The van der Waals surface area contributed by atoms with E-state index in [2.05, 4.69) is 24.1 Å². The Kier molecular flexibility index (Phi) is 5.60. The van der Waals surface area contributed by atoms with Crippen molar-refractivity contribution in [3.8, 4) is 0 Å². The molecule has 0 aliphatic carbocycles. The van der Waals surface area contributed by atoms with Crippen LogP contribution in [-0.2, 0) is 11.2 Å². The highest BCUT2D eigenvalue weighted by molar-refractivity contribution is 7.11. The van der Waals surface area contributed by atoms with E-state index in [1.807, 2.05) is 17.5 Å². The van der Waals surface area contributed by atoms with E-state index < -0.39 is 0 Å². The Labute approximate surface area is 114 Å². The number of hydrogen-bond acceptors (Lipinski definition) is 4. The quantitative estimate of drug-likeness (QED) is 0.859. The van der Waals surface area contributed by atoms with E-state index in [1.54, 1.807) is 0 Å². The highest BCUT2D eigenvalue weighted by Crippen LogP contribution is 2.24. The van der Waals surface area contributed by atoms with Gasteiger partial charge in [0, 0.05) is 30.1 Å². The smallest absolute Gasteiger partial charge is 0.0954 e. The van der Waals surface area contributed by atoms with Gasteiger partial charge in [-0.05, 0) is 39.2 Å². The van der Waals surface area contributed by atoms with Crippen molar-refractivity contribution in [2.45, 2.75) is 58.1 Å².